The predicted octanol–water partition coefficient (Wildman–Crippen LogP) is 4.00. The zero-order chi connectivity index (χ0) is 27.5. The minimum atomic E-state index is -0.779. The van der Waals surface area contributed by atoms with Crippen LogP contribution in [0.15, 0.2) is 65.4 Å². The Hall–Kier alpha value is -3.75. The number of nitrogens with zero attached hydrogens (tertiary/aromatic N) is 2. The van der Waals surface area contributed by atoms with E-state index in [1.165, 1.54) is 0 Å². The van der Waals surface area contributed by atoms with Crippen LogP contribution in [0.5, 0.6) is 0 Å². The molecule has 9 heteroatoms. The molecule has 3 heterocycles. The van der Waals surface area contributed by atoms with E-state index in [4.69, 9.17) is 9.15 Å². The molecule has 0 radical (unpaired) electrons. The van der Waals surface area contributed by atoms with Crippen LogP contribution in [0.2, 0.25) is 0 Å². The number of hydrogen-bond donors (Lipinski definition) is 2. The molecule has 0 bridgehead atoms. The lowest BCUT2D eigenvalue weighted by Crippen LogP contribution is -2.72. The number of rotatable bonds is 12. The fourth-order valence-corrected chi connectivity index (χ4v) is 5.34. The lowest BCUT2D eigenvalue weighted by Gasteiger charge is -2.51. The molecule has 210 valence electrons. The fourth-order valence-electron chi connectivity index (χ4n) is 5.34. The number of carbonyl (C=O) groups is 3. The van der Waals surface area contributed by atoms with Crippen molar-refractivity contribution in [2.75, 3.05) is 26.2 Å². The van der Waals surface area contributed by atoms with Crippen molar-refractivity contribution in [3.05, 3.63) is 72.3 Å². The molecule has 0 unspecified atom stereocenters. The van der Waals surface area contributed by atoms with Crippen molar-refractivity contribution in [3.8, 4) is 0 Å². The summed E-state index contributed by atoms with van der Waals surface area (Å²) in [5.74, 6) is 0.881. The minimum absolute atomic E-state index is 0.00786. The fraction of sp³-hybridized carbons (Fsp3) is 0.500. The predicted molar refractivity (Wildman–Crippen MR) is 148 cm³/mol. The summed E-state index contributed by atoms with van der Waals surface area (Å²) in [5.41, 5.74) is 0.153. The van der Waals surface area contributed by atoms with Gasteiger partial charge in [-0.25, -0.2) is 4.79 Å². The number of likely N-dealkylation sites (tertiary alicyclic amines) is 1. The highest BCUT2D eigenvalue weighted by molar-refractivity contribution is 6.00. The number of carbonyl (C=O) groups excluding carboxylic acids is 3. The van der Waals surface area contributed by atoms with E-state index in [9.17, 15) is 14.4 Å². The Morgan fingerprint density at radius 1 is 1.15 bits per heavy atom. The molecule has 2 fully saturated rings. The summed E-state index contributed by atoms with van der Waals surface area (Å²) in [6, 6.07) is 12.8. The van der Waals surface area contributed by atoms with E-state index < -0.39 is 17.7 Å². The van der Waals surface area contributed by atoms with Gasteiger partial charge in [0.2, 0.25) is 11.8 Å². The van der Waals surface area contributed by atoms with Crippen molar-refractivity contribution in [1.82, 2.24) is 20.4 Å². The first kappa shape index (κ1) is 28.3. The summed E-state index contributed by atoms with van der Waals surface area (Å²) in [5, 5.41) is 5.79. The highest BCUT2D eigenvalue weighted by Crippen LogP contribution is 2.34. The van der Waals surface area contributed by atoms with Crippen LogP contribution in [-0.4, -0.2) is 65.5 Å². The number of amides is 3. The molecule has 2 aromatic rings. The van der Waals surface area contributed by atoms with Gasteiger partial charge in [-0.05, 0) is 62.4 Å². The van der Waals surface area contributed by atoms with Crippen molar-refractivity contribution < 1.29 is 23.5 Å². The molecular weight excluding hydrogens is 496 g/mol. The van der Waals surface area contributed by atoms with Gasteiger partial charge in [0.1, 0.15) is 23.9 Å². The van der Waals surface area contributed by atoms with Crippen LogP contribution in [0.1, 0.15) is 56.8 Å². The number of nitrogens with one attached hydrogen (secondary N) is 2. The molecule has 39 heavy (non-hydrogen) atoms. The van der Waals surface area contributed by atoms with E-state index in [1.54, 1.807) is 6.26 Å². The van der Waals surface area contributed by atoms with Crippen molar-refractivity contribution in [3.63, 3.8) is 0 Å². The summed E-state index contributed by atoms with van der Waals surface area (Å²) >= 11 is 0. The van der Waals surface area contributed by atoms with Crippen molar-refractivity contribution in [2.45, 2.75) is 70.1 Å². The van der Waals surface area contributed by atoms with Gasteiger partial charge in [-0.1, -0.05) is 43.3 Å². The van der Waals surface area contributed by atoms with Crippen molar-refractivity contribution in [2.24, 2.45) is 0 Å². The molecule has 9 nitrogen and oxygen atoms in total. The standard InChI is InChI=1S/C30H40N4O5/c1-2-18-34-27(35)26(14-6-7-17-31-29(37)39-23-24-10-4-3-5-11-24)32-28(36)30(34)15-20-33(21-16-30)19-8-12-25-13-9-22-38-25/h3-5,8-11,13,19,22,26H,2,6-7,12,14-18,20-21,23H2,1H3,(H,31,37)(H,32,36)/b19-8+/t26-/m0/s1. The average molecular weight is 537 g/mol. The van der Waals surface area contributed by atoms with Crippen LogP contribution in [0.4, 0.5) is 4.79 Å². The molecule has 1 aromatic carbocycles. The van der Waals surface area contributed by atoms with E-state index in [0.29, 0.717) is 58.3 Å². The molecule has 1 spiro atoms. The highest BCUT2D eigenvalue weighted by atomic mass is 16.5. The number of unbranched alkanes of at least 4 members (excludes halogenated alkanes) is 1. The van der Waals surface area contributed by atoms with Gasteiger partial charge in [-0.2, -0.15) is 0 Å². The number of piperidine rings is 1. The van der Waals surface area contributed by atoms with Crippen molar-refractivity contribution >= 4 is 17.9 Å². The number of alkyl carbamates (subject to hydrolysis) is 1. The van der Waals surface area contributed by atoms with E-state index in [1.807, 2.05) is 54.3 Å². The van der Waals surface area contributed by atoms with E-state index in [2.05, 4.69) is 27.8 Å². The van der Waals surface area contributed by atoms with Crippen molar-refractivity contribution in [1.29, 1.82) is 0 Å². The van der Waals surface area contributed by atoms with E-state index in [0.717, 1.165) is 24.2 Å². The Kier molecular flexibility index (Phi) is 10.1. The molecule has 2 aliphatic rings. The number of piperazine rings is 1. The first-order valence-electron chi connectivity index (χ1n) is 14.0. The molecule has 1 aromatic heterocycles. The second-order valence-electron chi connectivity index (χ2n) is 10.2. The number of furan rings is 1. The zero-order valence-electron chi connectivity index (χ0n) is 22.8. The smallest absolute Gasteiger partial charge is 0.407 e. The SMILES string of the molecule is CCCN1C(=O)[C@H](CCCCNC(=O)OCc2ccccc2)NC(=O)C12CCN(/C=C/Cc1ccco1)CC2. The molecule has 3 amide bonds. The Morgan fingerprint density at radius 3 is 2.67 bits per heavy atom. The van der Waals surface area contributed by atoms with Gasteiger partial charge in [0.25, 0.3) is 0 Å². The Balaban J connectivity index is 1.21. The maximum absolute atomic E-state index is 13.5. The second-order valence-corrected chi connectivity index (χ2v) is 10.2. The quantitative estimate of drug-likeness (QED) is 0.398. The van der Waals surface area contributed by atoms with Crippen LogP contribution in [0, 0.1) is 0 Å². The van der Waals surface area contributed by atoms with Gasteiger partial charge in [0.05, 0.1) is 6.26 Å². The number of allylic oxidation sites excluding steroid dienone is 1. The molecule has 0 saturated carbocycles. The summed E-state index contributed by atoms with van der Waals surface area (Å²) < 4.78 is 10.6. The van der Waals surface area contributed by atoms with Gasteiger partial charge < -0.3 is 29.6 Å². The van der Waals surface area contributed by atoms with Gasteiger partial charge in [0, 0.05) is 32.6 Å². The normalized spacial score (nSPS) is 18.9. The van der Waals surface area contributed by atoms with Crippen LogP contribution >= 0.6 is 0 Å². The molecule has 1 atom stereocenters. The Labute approximate surface area is 230 Å². The van der Waals surface area contributed by atoms with Gasteiger partial charge >= 0.3 is 6.09 Å². The Bertz CT molecular complexity index is 1090. The summed E-state index contributed by atoms with van der Waals surface area (Å²) in [7, 11) is 0. The van der Waals surface area contributed by atoms with Crippen LogP contribution in [-0.2, 0) is 27.4 Å². The van der Waals surface area contributed by atoms with Crippen LogP contribution < -0.4 is 10.6 Å². The van der Waals surface area contributed by atoms with Gasteiger partial charge in [-0.15, -0.1) is 0 Å². The second kappa shape index (κ2) is 13.9. The molecule has 2 saturated heterocycles. The number of ether oxygens (including phenoxy) is 1. The molecule has 2 aliphatic heterocycles. The van der Waals surface area contributed by atoms with E-state index >= 15 is 0 Å². The van der Waals surface area contributed by atoms with Crippen LogP contribution in [0.3, 0.4) is 0 Å². The maximum Gasteiger partial charge on any atom is 0.407 e. The monoisotopic (exact) mass is 536 g/mol. The van der Waals surface area contributed by atoms with Crippen LogP contribution in [0.25, 0.3) is 0 Å². The summed E-state index contributed by atoms with van der Waals surface area (Å²) in [4.78, 5) is 42.9. The Morgan fingerprint density at radius 2 is 1.95 bits per heavy atom. The first-order valence-corrected chi connectivity index (χ1v) is 14.0. The molecule has 0 aliphatic carbocycles. The lowest BCUT2D eigenvalue weighted by molar-refractivity contribution is -0.161. The molecule has 4 rings (SSSR count). The lowest BCUT2D eigenvalue weighted by atomic mass is 9.81. The van der Waals surface area contributed by atoms with Gasteiger partial charge in [-0.3, -0.25) is 9.59 Å². The number of benzene rings is 1. The van der Waals surface area contributed by atoms with E-state index in [-0.39, 0.29) is 18.4 Å². The maximum atomic E-state index is 13.5. The molecular formula is C30H40N4O5. The summed E-state index contributed by atoms with van der Waals surface area (Å²) in [6.45, 7) is 4.72. The number of hydrogen-bond acceptors (Lipinski definition) is 6. The third kappa shape index (κ3) is 7.43. The minimum Gasteiger partial charge on any atom is -0.469 e. The zero-order valence-corrected chi connectivity index (χ0v) is 22.8. The third-order valence-corrected chi connectivity index (χ3v) is 7.50. The third-order valence-electron chi connectivity index (χ3n) is 7.50. The topological polar surface area (TPSA) is 104 Å². The summed E-state index contributed by atoms with van der Waals surface area (Å²) in [6.07, 6.45) is 10.0. The first-order chi connectivity index (χ1) is 19.0. The average Bonchev–Trinajstić information content (AvgIpc) is 3.47. The highest BCUT2D eigenvalue weighted by Gasteiger charge is 2.52. The van der Waals surface area contributed by atoms with Gasteiger partial charge in [0.15, 0.2) is 0 Å². The molecule has 2 N–H and O–H groups in total. The largest absolute Gasteiger partial charge is 0.469 e.